The first-order chi connectivity index (χ1) is 13.1. The van der Waals surface area contributed by atoms with Crippen LogP contribution in [-0.4, -0.2) is 41.0 Å². The highest BCUT2D eigenvalue weighted by Crippen LogP contribution is 2.46. The number of carbonyl (C=O) groups excluding carboxylic acids is 2. The van der Waals surface area contributed by atoms with Crippen molar-refractivity contribution in [1.29, 1.82) is 0 Å². The molecule has 3 aliphatic heterocycles. The zero-order valence-electron chi connectivity index (χ0n) is 15.3. The molecule has 27 heavy (non-hydrogen) atoms. The highest BCUT2D eigenvalue weighted by molar-refractivity contribution is 6.14. The number of fused-ring (bicyclic) bond motifs is 5. The van der Waals surface area contributed by atoms with E-state index in [4.69, 9.17) is 14.5 Å². The Morgan fingerprint density at radius 3 is 2.93 bits per heavy atom. The number of hydrogen-bond donors (Lipinski definition) is 0. The summed E-state index contributed by atoms with van der Waals surface area (Å²) in [6.07, 6.45) is 2.18. The van der Waals surface area contributed by atoms with Crippen molar-refractivity contribution in [1.82, 2.24) is 9.88 Å². The SMILES string of the molecule is CCOc1c2c(nc3ccccc13)C1=CC3CC(=O)O[C@@H](C)C3CN1C2=O. The summed E-state index contributed by atoms with van der Waals surface area (Å²) >= 11 is 0. The number of benzene rings is 1. The van der Waals surface area contributed by atoms with Crippen LogP contribution in [0.3, 0.4) is 0 Å². The van der Waals surface area contributed by atoms with E-state index in [0.717, 1.165) is 16.6 Å². The zero-order chi connectivity index (χ0) is 18.7. The van der Waals surface area contributed by atoms with Gasteiger partial charge in [-0.1, -0.05) is 18.2 Å². The zero-order valence-corrected chi connectivity index (χ0v) is 15.3. The Labute approximate surface area is 156 Å². The number of carbonyl (C=O) groups is 2. The van der Waals surface area contributed by atoms with Gasteiger partial charge in [0.25, 0.3) is 5.91 Å². The molecular formula is C21H20N2O4. The van der Waals surface area contributed by atoms with Crippen LogP contribution in [-0.2, 0) is 9.53 Å². The van der Waals surface area contributed by atoms with Crippen molar-refractivity contribution in [3.8, 4) is 5.75 Å². The number of nitrogens with zero attached hydrogens (tertiary/aromatic N) is 2. The second kappa shape index (κ2) is 5.81. The Kier molecular flexibility index (Phi) is 3.50. The molecule has 6 heteroatoms. The van der Waals surface area contributed by atoms with Crippen LogP contribution in [0, 0.1) is 11.8 Å². The summed E-state index contributed by atoms with van der Waals surface area (Å²) in [4.78, 5) is 31.7. The average molecular weight is 364 g/mol. The summed E-state index contributed by atoms with van der Waals surface area (Å²) in [5.74, 6) is 0.507. The lowest BCUT2D eigenvalue weighted by Crippen LogP contribution is -2.46. The molecule has 0 spiro atoms. The second-order valence-corrected chi connectivity index (χ2v) is 7.31. The minimum atomic E-state index is -0.205. The molecular weight excluding hydrogens is 344 g/mol. The van der Waals surface area contributed by atoms with Crippen LogP contribution >= 0.6 is 0 Å². The molecule has 0 radical (unpaired) electrons. The Morgan fingerprint density at radius 1 is 1.30 bits per heavy atom. The van der Waals surface area contributed by atoms with Gasteiger partial charge in [0.15, 0.2) is 0 Å². The van der Waals surface area contributed by atoms with Gasteiger partial charge in [-0.05, 0) is 31.9 Å². The van der Waals surface area contributed by atoms with Crippen LogP contribution in [0.25, 0.3) is 16.6 Å². The predicted molar refractivity (Wildman–Crippen MR) is 99.1 cm³/mol. The van der Waals surface area contributed by atoms with Crippen LogP contribution in [0.1, 0.15) is 36.3 Å². The fourth-order valence-electron chi connectivity index (χ4n) is 4.50. The molecule has 6 nitrogen and oxygen atoms in total. The van der Waals surface area contributed by atoms with E-state index in [1.165, 1.54) is 0 Å². The van der Waals surface area contributed by atoms with Crippen LogP contribution in [0.5, 0.6) is 5.75 Å². The number of amides is 1. The molecule has 3 atom stereocenters. The molecule has 0 N–H and O–H groups in total. The lowest BCUT2D eigenvalue weighted by Gasteiger charge is -2.40. The number of aromatic nitrogens is 1. The molecule has 1 aromatic heterocycles. The molecule has 3 aliphatic rings. The molecule has 5 rings (SSSR count). The van der Waals surface area contributed by atoms with Gasteiger partial charge in [-0.15, -0.1) is 0 Å². The minimum absolute atomic E-state index is 0.0649. The van der Waals surface area contributed by atoms with Crippen LogP contribution in [0.15, 0.2) is 30.3 Å². The first-order valence-corrected chi connectivity index (χ1v) is 9.37. The topological polar surface area (TPSA) is 68.7 Å². The summed E-state index contributed by atoms with van der Waals surface area (Å²) in [6, 6.07) is 7.71. The van der Waals surface area contributed by atoms with Gasteiger partial charge in [0.05, 0.1) is 24.2 Å². The van der Waals surface area contributed by atoms with E-state index < -0.39 is 0 Å². The molecule has 1 aromatic carbocycles. The van der Waals surface area contributed by atoms with Crippen molar-refractivity contribution in [3.63, 3.8) is 0 Å². The van der Waals surface area contributed by atoms with E-state index in [1.54, 1.807) is 4.90 Å². The maximum Gasteiger partial charge on any atom is 0.306 e. The first-order valence-electron chi connectivity index (χ1n) is 9.37. The maximum absolute atomic E-state index is 13.3. The summed E-state index contributed by atoms with van der Waals surface area (Å²) in [6.45, 7) is 4.81. The second-order valence-electron chi connectivity index (χ2n) is 7.31. The normalized spacial score (nSPS) is 26.2. The molecule has 138 valence electrons. The fraction of sp³-hybridized carbons (Fsp3) is 0.381. The number of ether oxygens (including phenoxy) is 2. The van der Waals surface area contributed by atoms with Gasteiger partial charge in [-0.3, -0.25) is 9.59 Å². The highest BCUT2D eigenvalue weighted by Gasteiger charge is 2.46. The van der Waals surface area contributed by atoms with Gasteiger partial charge in [-0.2, -0.15) is 0 Å². The van der Waals surface area contributed by atoms with Crippen molar-refractivity contribution < 1.29 is 19.1 Å². The number of esters is 1. The predicted octanol–water partition coefficient (Wildman–Crippen LogP) is 3.01. The molecule has 1 amide bonds. The van der Waals surface area contributed by atoms with Gasteiger partial charge in [-0.25, -0.2) is 4.98 Å². The Balaban J connectivity index is 1.71. The number of cyclic esters (lactones) is 1. The Bertz CT molecular complexity index is 1010. The molecule has 0 saturated carbocycles. The monoisotopic (exact) mass is 364 g/mol. The van der Waals surface area contributed by atoms with E-state index >= 15 is 0 Å². The van der Waals surface area contributed by atoms with Crippen molar-refractivity contribution in [2.45, 2.75) is 26.4 Å². The van der Waals surface area contributed by atoms with Gasteiger partial charge in [0.1, 0.15) is 23.1 Å². The fourth-order valence-corrected chi connectivity index (χ4v) is 4.50. The molecule has 0 aliphatic carbocycles. The lowest BCUT2D eigenvalue weighted by molar-refractivity contribution is -0.160. The Hall–Kier alpha value is -2.89. The van der Waals surface area contributed by atoms with E-state index in [0.29, 0.717) is 36.6 Å². The van der Waals surface area contributed by atoms with Crippen LogP contribution in [0.4, 0.5) is 0 Å². The largest absolute Gasteiger partial charge is 0.492 e. The summed E-state index contributed by atoms with van der Waals surface area (Å²) in [5, 5.41) is 0.844. The molecule has 0 bridgehead atoms. The third-order valence-electron chi connectivity index (χ3n) is 5.76. The standard InChI is InChI=1S/C21H20N2O4/c1-3-26-20-13-6-4-5-7-15(13)22-19-16-8-12-9-17(24)27-11(2)14(12)10-23(16)21(25)18(19)20/h4-8,11-12,14H,3,9-10H2,1-2H3/t11-,12?,14?/m0/s1. The van der Waals surface area contributed by atoms with Crippen molar-refractivity contribution >= 4 is 28.5 Å². The summed E-state index contributed by atoms with van der Waals surface area (Å²) in [5.41, 5.74) is 2.78. The van der Waals surface area contributed by atoms with Gasteiger partial charge >= 0.3 is 5.97 Å². The van der Waals surface area contributed by atoms with Gasteiger partial charge < -0.3 is 14.4 Å². The molecule has 2 unspecified atom stereocenters. The molecule has 1 fully saturated rings. The minimum Gasteiger partial charge on any atom is -0.492 e. The van der Waals surface area contributed by atoms with Gasteiger partial charge in [0, 0.05) is 17.8 Å². The van der Waals surface area contributed by atoms with E-state index in [9.17, 15) is 9.59 Å². The van der Waals surface area contributed by atoms with E-state index in [1.807, 2.05) is 44.2 Å². The Morgan fingerprint density at radius 2 is 2.11 bits per heavy atom. The molecule has 4 heterocycles. The lowest BCUT2D eigenvalue weighted by atomic mass is 9.80. The number of allylic oxidation sites excluding steroid dienone is 1. The number of rotatable bonds is 2. The molecule has 2 aromatic rings. The van der Waals surface area contributed by atoms with Crippen LogP contribution in [0.2, 0.25) is 0 Å². The number of pyridine rings is 1. The van der Waals surface area contributed by atoms with Crippen LogP contribution < -0.4 is 4.74 Å². The average Bonchev–Trinajstić information content (AvgIpc) is 2.92. The van der Waals surface area contributed by atoms with Crippen molar-refractivity contribution in [2.75, 3.05) is 13.2 Å². The summed E-state index contributed by atoms with van der Waals surface area (Å²) in [7, 11) is 0. The number of para-hydroxylation sites is 1. The van der Waals surface area contributed by atoms with Gasteiger partial charge in [0.2, 0.25) is 0 Å². The van der Waals surface area contributed by atoms with Crippen molar-refractivity contribution in [3.05, 3.63) is 41.6 Å². The first kappa shape index (κ1) is 16.3. The molecule has 1 saturated heterocycles. The smallest absolute Gasteiger partial charge is 0.306 e. The summed E-state index contributed by atoms with van der Waals surface area (Å²) < 4.78 is 11.3. The number of hydrogen-bond acceptors (Lipinski definition) is 5. The third-order valence-corrected chi connectivity index (χ3v) is 5.76. The van der Waals surface area contributed by atoms with E-state index in [2.05, 4.69) is 0 Å². The van der Waals surface area contributed by atoms with Crippen molar-refractivity contribution in [2.24, 2.45) is 11.8 Å². The third kappa shape index (κ3) is 2.29. The highest BCUT2D eigenvalue weighted by atomic mass is 16.5. The quantitative estimate of drug-likeness (QED) is 0.766. The maximum atomic E-state index is 13.3. The van der Waals surface area contributed by atoms with E-state index in [-0.39, 0.29) is 29.8 Å².